The van der Waals surface area contributed by atoms with Gasteiger partial charge in [0.15, 0.2) is 5.78 Å². The number of aryl methyl sites for hydroxylation is 1. The molecule has 0 aliphatic carbocycles. The van der Waals surface area contributed by atoms with Crippen LogP contribution in [0.1, 0.15) is 33.3 Å². The van der Waals surface area contributed by atoms with Gasteiger partial charge in [-0.3, -0.25) is 9.59 Å². The molecule has 0 aliphatic rings. The van der Waals surface area contributed by atoms with Crippen molar-refractivity contribution in [1.82, 2.24) is 4.98 Å². The van der Waals surface area contributed by atoms with Crippen LogP contribution in [0.3, 0.4) is 0 Å². The molecule has 4 nitrogen and oxygen atoms in total. The number of ketones is 1. The van der Waals surface area contributed by atoms with Gasteiger partial charge in [0, 0.05) is 22.2 Å². The first-order valence-electron chi connectivity index (χ1n) is 7.48. The average Bonchev–Trinajstić information content (AvgIpc) is 3.06. The van der Waals surface area contributed by atoms with Crippen LogP contribution in [-0.2, 0) is 0 Å². The van der Waals surface area contributed by atoms with Crippen LogP contribution in [0.5, 0.6) is 0 Å². The number of thiazole rings is 1. The summed E-state index contributed by atoms with van der Waals surface area (Å²) >= 11 is 1.43. The van der Waals surface area contributed by atoms with Crippen molar-refractivity contribution in [2.24, 2.45) is 0 Å². The number of carbonyl (C=O) groups is 2. The van der Waals surface area contributed by atoms with Gasteiger partial charge in [-0.2, -0.15) is 0 Å². The Kier molecular flexibility index (Phi) is 4.53. The van der Waals surface area contributed by atoms with Crippen LogP contribution in [0.2, 0.25) is 0 Å². The molecular weight excluding hydrogens is 320 g/mol. The Morgan fingerprint density at radius 1 is 1.08 bits per heavy atom. The number of rotatable bonds is 4. The molecule has 1 amide bonds. The number of benzene rings is 2. The summed E-state index contributed by atoms with van der Waals surface area (Å²) in [6.07, 6.45) is 0. The van der Waals surface area contributed by atoms with Gasteiger partial charge in [-0.05, 0) is 26.0 Å². The lowest BCUT2D eigenvalue weighted by Gasteiger charge is -2.04. The number of amides is 1. The minimum absolute atomic E-state index is 0.0404. The third-order valence-corrected chi connectivity index (χ3v) is 4.45. The molecule has 0 atom stereocenters. The smallest absolute Gasteiger partial charge is 0.275 e. The van der Waals surface area contributed by atoms with E-state index in [2.05, 4.69) is 10.3 Å². The van der Waals surface area contributed by atoms with E-state index < -0.39 is 0 Å². The number of hydrogen-bond acceptors (Lipinski definition) is 4. The lowest BCUT2D eigenvalue weighted by molar-refractivity contribution is 0.100. The summed E-state index contributed by atoms with van der Waals surface area (Å²) in [6.45, 7) is 3.52. The second-order valence-electron chi connectivity index (χ2n) is 5.50. The van der Waals surface area contributed by atoms with Crippen molar-refractivity contribution in [3.63, 3.8) is 0 Å². The van der Waals surface area contributed by atoms with Gasteiger partial charge in [0.25, 0.3) is 5.91 Å². The van der Waals surface area contributed by atoms with E-state index in [1.807, 2.05) is 31.2 Å². The summed E-state index contributed by atoms with van der Waals surface area (Å²) in [5.74, 6) is -0.327. The molecule has 0 radical (unpaired) electrons. The third kappa shape index (κ3) is 3.58. The summed E-state index contributed by atoms with van der Waals surface area (Å²) in [7, 11) is 0. The molecule has 2 aromatic carbocycles. The van der Waals surface area contributed by atoms with Crippen molar-refractivity contribution in [1.29, 1.82) is 0 Å². The number of anilines is 1. The van der Waals surface area contributed by atoms with E-state index in [1.54, 1.807) is 29.6 Å². The number of carbonyl (C=O) groups excluding carboxylic acids is 2. The zero-order valence-corrected chi connectivity index (χ0v) is 14.2. The summed E-state index contributed by atoms with van der Waals surface area (Å²) in [4.78, 5) is 28.2. The molecule has 0 spiro atoms. The van der Waals surface area contributed by atoms with Crippen LogP contribution in [0.4, 0.5) is 5.69 Å². The molecule has 0 saturated heterocycles. The molecule has 5 heteroatoms. The Morgan fingerprint density at radius 3 is 2.54 bits per heavy atom. The molecular formula is C19H16N2O2S. The Labute approximate surface area is 144 Å². The maximum atomic E-state index is 12.3. The van der Waals surface area contributed by atoms with Crippen LogP contribution in [0.15, 0.2) is 53.9 Å². The fourth-order valence-electron chi connectivity index (χ4n) is 2.22. The molecule has 0 unspecified atom stereocenters. The van der Waals surface area contributed by atoms with Crippen LogP contribution >= 0.6 is 11.3 Å². The Morgan fingerprint density at radius 2 is 1.83 bits per heavy atom. The quantitative estimate of drug-likeness (QED) is 0.710. The normalized spacial score (nSPS) is 10.4. The monoisotopic (exact) mass is 336 g/mol. The van der Waals surface area contributed by atoms with Gasteiger partial charge in [-0.25, -0.2) is 4.98 Å². The number of aromatic nitrogens is 1. The van der Waals surface area contributed by atoms with Gasteiger partial charge in [0.1, 0.15) is 10.7 Å². The van der Waals surface area contributed by atoms with E-state index in [0.29, 0.717) is 16.9 Å². The molecule has 24 heavy (non-hydrogen) atoms. The lowest BCUT2D eigenvalue weighted by atomic mass is 10.1. The van der Waals surface area contributed by atoms with Crippen LogP contribution in [0.25, 0.3) is 10.6 Å². The molecule has 3 aromatic rings. The summed E-state index contributed by atoms with van der Waals surface area (Å²) in [5.41, 5.74) is 3.68. The Balaban J connectivity index is 1.77. The molecule has 1 aromatic heterocycles. The van der Waals surface area contributed by atoms with E-state index in [4.69, 9.17) is 0 Å². The minimum Gasteiger partial charge on any atom is -0.321 e. The SMILES string of the molecule is CC(=O)c1cccc(NC(=O)c2csc(-c3ccc(C)cc3)n2)c1. The maximum Gasteiger partial charge on any atom is 0.275 e. The zero-order valence-electron chi connectivity index (χ0n) is 13.4. The van der Waals surface area contributed by atoms with Crippen molar-refractivity contribution >= 4 is 28.7 Å². The topological polar surface area (TPSA) is 59.1 Å². The van der Waals surface area contributed by atoms with E-state index in [0.717, 1.165) is 10.6 Å². The van der Waals surface area contributed by atoms with Crippen molar-refractivity contribution in [2.75, 3.05) is 5.32 Å². The first-order chi connectivity index (χ1) is 11.5. The second-order valence-corrected chi connectivity index (χ2v) is 6.35. The van der Waals surface area contributed by atoms with Gasteiger partial charge in [-0.15, -0.1) is 11.3 Å². The van der Waals surface area contributed by atoms with Gasteiger partial charge >= 0.3 is 0 Å². The largest absolute Gasteiger partial charge is 0.321 e. The molecule has 0 saturated carbocycles. The molecule has 3 rings (SSSR count). The number of nitrogens with zero attached hydrogens (tertiary/aromatic N) is 1. The molecule has 0 fully saturated rings. The predicted molar refractivity (Wildman–Crippen MR) is 96.7 cm³/mol. The highest BCUT2D eigenvalue weighted by atomic mass is 32.1. The Bertz CT molecular complexity index is 898. The summed E-state index contributed by atoms with van der Waals surface area (Å²) in [5, 5.41) is 5.32. The molecule has 120 valence electrons. The fourth-order valence-corrected chi connectivity index (χ4v) is 3.02. The van der Waals surface area contributed by atoms with Crippen molar-refractivity contribution in [2.45, 2.75) is 13.8 Å². The van der Waals surface area contributed by atoms with Crippen LogP contribution in [-0.4, -0.2) is 16.7 Å². The highest BCUT2D eigenvalue weighted by Gasteiger charge is 2.12. The molecule has 0 aliphatic heterocycles. The summed E-state index contributed by atoms with van der Waals surface area (Å²) in [6, 6.07) is 14.9. The van der Waals surface area contributed by atoms with E-state index >= 15 is 0 Å². The van der Waals surface area contributed by atoms with Crippen LogP contribution < -0.4 is 5.32 Å². The predicted octanol–water partition coefficient (Wildman–Crippen LogP) is 4.57. The van der Waals surface area contributed by atoms with Gasteiger partial charge in [0.2, 0.25) is 0 Å². The second kappa shape index (κ2) is 6.76. The minimum atomic E-state index is -0.287. The van der Waals surface area contributed by atoms with Crippen molar-refractivity contribution in [3.8, 4) is 10.6 Å². The van der Waals surface area contributed by atoms with Crippen LogP contribution in [0, 0.1) is 6.92 Å². The van der Waals surface area contributed by atoms with E-state index in [-0.39, 0.29) is 11.7 Å². The van der Waals surface area contributed by atoms with E-state index in [1.165, 1.54) is 23.8 Å². The number of Topliss-reactive ketones (excluding diaryl/α,β-unsaturated/α-hetero) is 1. The first-order valence-corrected chi connectivity index (χ1v) is 8.36. The van der Waals surface area contributed by atoms with Gasteiger partial charge in [-0.1, -0.05) is 42.0 Å². The zero-order chi connectivity index (χ0) is 17.1. The van der Waals surface area contributed by atoms with Crippen molar-refractivity contribution in [3.05, 3.63) is 70.7 Å². The molecule has 1 heterocycles. The van der Waals surface area contributed by atoms with Gasteiger partial charge < -0.3 is 5.32 Å². The van der Waals surface area contributed by atoms with Crippen molar-refractivity contribution < 1.29 is 9.59 Å². The third-order valence-electron chi connectivity index (χ3n) is 3.56. The molecule has 1 N–H and O–H groups in total. The summed E-state index contributed by atoms with van der Waals surface area (Å²) < 4.78 is 0. The highest BCUT2D eigenvalue weighted by Crippen LogP contribution is 2.24. The first kappa shape index (κ1) is 16.1. The van der Waals surface area contributed by atoms with Gasteiger partial charge in [0.05, 0.1) is 0 Å². The highest BCUT2D eigenvalue weighted by molar-refractivity contribution is 7.13. The molecule has 0 bridgehead atoms. The lowest BCUT2D eigenvalue weighted by Crippen LogP contribution is -2.12. The average molecular weight is 336 g/mol. The van der Waals surface area contributed by atoms with E-state index in [9.17, 15) is 9.59 Å². The number of nitrogens with one attached hydrogen (secondary N) is 1. The number of hydrogen-bond donors (Lipinski definition) is 1. The standard InChI is InChI=1S/C19H16N2O2S/c1-12-6-8-14(9-7-12)19-21-17(11-24-19)18(23)20-16-5-3-4-15(10-16)13(2)22/h3-11H,1-2H3,(H,20,23). The Hall–Kier alpha value is -2.79. The fraction of sp³-hybridized carbons (Fsp3) is 0.105. The maximum absolute atomic E-state index is 12.3.